The van der Waals surface area contributed by atoms with Crippen LogP contribution in [-0.2, 0) is 9.53 Å². The molecule has 1 fully saturated rings. The molecular formula is C27H44N4O3. The van der Waals surface area contributed by atoms with E-state index in [0.29, 0.717) is 24.1 Å². The maximum Gasteiger partial charge on any atom is 0.324 e. The van der Waals surface area contributed by atoms with Crippen LogP contribution in [0.4, 0.5) is 6.01 Å². The van der Waals surface area contributed by atoms with E-state index in [2.05, 4.69) is 47.2 Å². The van der Waals surface area contributed by atoms with Gasteiger partial charge in [0.2, 0.25) is 0 Å². The van der Waals surface area contributed by atoms with E-state index in [0.717, 1.165) is 62.4 Å². The number of rotatable bonds is 12. The predicted octanol–water partition coefficient (Wildman–Crippen LogP) is 5.92. The first-order valence-corrected chi connectivity index (χ1v) is 12.8. The zero-order chi connectivity index (χ0) is 25.1. The molecule has 0 spiro atoms. The van der Waals surface area contributed by atoms with Gasteiger partial charge in [0.05, 0.1) is 12.4 Å². The van der Waals surface area contributed by atoms with Crippen molar-refractivity contribution in [2.45, 2.75) is 92.5 Å². The van der Waals surface area contributed by atoms with E-state index in [-0.39, 0.29) is 17.9 Å². The fourth-order valence-electron chi connectivity index (χ4n) is 4.00. The highest BCUT2D eigenvalue weighted by molar-refractivity contribution is 5.98. The fraction of sp³-hybridized carbons (Fsp3) is 0.667. The van der Waals surface area contributed by atoms with Crippen molar-refractivity contribution in [3.8, 4) is 0 Å². The van der Waals surface area contributed by atoms with E-state index in [1.807, 2.05) is 39.8 Å². The summed E-state index contributed by atoms with van der Waals surface area (Å²) in [4.78, 5) is 19.3. The molecule has 34 heavy (non-hydrogen) atoms. The summed E-state index contributed by atoms with van der Waals surface area (Å²) in [5.74, 6) is 2.53. The number of nitrogens with zero attached hydrogens (tertiary/aromatic N) is 3. The van der Waals surface area contributed by atoms with Gasteiger partial charge in [-0.1, -0.05) is 32.0 Å². The number of ether oxygens (including phenoxy) is 1. The van der Waals surface area contributed by atoms with Gasteiger partial charge in [0.15, 0.2) is 5.82 Å². The largest absolute Gasteiger partial charge is 0.498 e. The van der Waals surface area contributed by atoms with Crippen molar-refractivity contribution >= 4 is 11.9 Å². The number of amides is 1. The molecule has 7 nitrogen and oxygen atoms in total. The topological polar surface area (TPSA) is 80.5 Å². The number of piperidine rings is 1. The third-order valence-corrected chi connectivity index (χ3v) is 6.00. The Kier molecular flexibility index (Phi) is 11.4. The molecule has 2 heterocycles. The highest BCUT2D eigenvalue weighted by Crippen LogP contribution is 2.26. The Morgan fingerprint density at radius 2 is 1.91 bits per heavy atom. The average Bonchev–Trinajstić information content (AvgIpc) is 3.28. The Hall–Kier alpha value is -2.57. The molecule has 0 atom stereocenters. The number of anilines is 1. The summed E-state index contributed by atoms with van der Waals surface area (Å²) in [5, 5.41) is 7.05. The molecule has 0 bridgehead atoms. The van der Waals surface area contributed by atoms with E-state index in [1.54, 1.807) is 0 Å². The quantitative estimate of drug-likeness (QED) is 0.176. The van der Waals surface area contributed by atoms with Crippen molar-refractivity contribution in [3.63, 3.8) is 0 Å². The van der Waals surface area contributed by atoms with Crippen molar-refractivity contribution in [3.05, 3.63) is 41.0 Å². The van der Waals surface area contributed by atoms with Crippen LogP contribution in [0.1, 0.15) is 92.3 Å². The summed E-state index contributed by atoms with van der Waals surface area (Å²) >= 11 is 0. The highest BCUT2D eigenvalue weighted by Gasteiger charge is 2.23. The fourth-order valence-corrected chi connectivity index (χ4v) is 4.00. The van der Waals surface area contributed by atoms with Gasteiger partial charge in [0.1, 0.15) is 0 Å². The lowest BCUT2D eigenvalue weighted by atomic mass is 9.92. The van der Waals surface area contributed by atoms with Crippen LogP contribution in [0.25, 0.3) is 0 Å². The van der Waals surface area contributed by atoms with Crippen molar-refractivity contribution in [1.29, 1.82) is 0 Å². The minimum Gasteiger partial charge on any atom is -0.498 e. The summed E-state index contributed by atoms with van der Waals surface area (Å²) in [6, 6.07) is 0.757. The van der Waals surface area contributed by atoms with Crippen LogP contribution in [0.2, 0.25) is 0 Å². The van der Waals surface area contributed by atoms with Gasteiger partial charge in [0, 0.05) is 30.6 Å². The third-order valence-electron chi connectivity index (χ3n) is 6.00. The van der Waals surface area contributed by atoms with Crippen LogP contribution < -0.4 is 10.2 Å². The summed E-state index contributed by atoms with van der Waals surface area (Å²) in [6.45, 7) is 16.7. The molecule has 1 aromatic heterocycles. The molecule has 1 aliphatic rings. The standard InChI is InChI=1S/C27H44N4O3/c1-8-10-21(6)24(26(32)28-20(4)5)13-12-22(7)33-18-9-11-23-14-16-31(17-15-23)27-29-25(19(2)3)30-34-27/h10,12-13,19-20,23H,8-9,11,14-18H2,1-7H3,(H,28,32)/b21-10-,22-12+,24-13+. The minimum absolute atomic E-state index is 0.0476. The molecule has 1 aromatic rings. The Labute approximate surface area is 205 Å². The Balaban J connectivity index is 1.77. The molecule has 2 rings (SSSR count). The summed E-state index contributed by atoms with van der Waals surface area (Å²) in [7, 11) is 0. The molecule has 1 amide bonds. The van der Waals surface area contributed by atoms with Crippen LogP contribution >= 0.6 is 0 Å². The zero-order valence-electron chi connectivity index (χ0n) is 22.2. The van der Waals surface area contributed by atoms with Crippen LogP contribution in [0, 0.1) is 5.92 Å². The van der Waals surface area contributed by atoms with Crippen LogP contribution in [-0.4, -0.2) is 41.8 Å². The average molecular weight is 473 g/mol. The molecule has 0 radical (unpaired) electrons. The van der Waals surface area contributed by atoms with Crippen molar-refractivity contribution < 1.29 is 14.1 Å². The Bertz CT molecular complexity index is 859. The van der Waals surface area contributed by atoms with Gasteiger partial charge in [-0.05, 0) is 83.4 Å². The van der Waals surface area contributed by atoms with Crippen molar-refractivity contribution in [2.24, 2.45) is 5.92 Å². The molecule has 190 valence electrons. The third kappa shape index (κ3) is 8.99. The van der Waals surface area contributed by atoms with Gasteiger partial charge in [-0.2, -0.15) is 4.98 Å². The Morgan fingerprint density at radius 3 is 2.50 bits per heavy atom. The van der Waals surface area contributed by atoms with E-state index < -0.39 is 0 Å². The Morgan fingerprint density at radius 1 is 1.21 bits per heavy atom. The van der Waals surface area contributed by atoms with E-state index >= 15 is 0 Å². The van der Waals surface area contributed by atoms with Gasteiger partial charge in [-0.15, -0.1) is 0 Å². The summed E-state index contributed by atoms with van der Waals surface area (Å²) in [5.41, 5.74) is 1.67. The van der Waals surface area contributed by atoms with Gasteiger partial charge in [0.25, 0.3) is 5.91 Å². The monoisotopic (exact) mass is 472 g/mol. The first-order valence-electron chi connectivity index (χ1n) is 12.8. The van der Waals surface area contributed by atoms with E-state index in [9.17, 15) is 4.79 Å². The number of carbonyl (C=O) groups is 1. The van der Waals surface area contributed by atoms with Crippen LogP contribution in [0.3, 0.4) is 0 Å². The lowest BCUT2D eigenvalue weighted by molar-refractivity contribution is -0.117. The lowest BCUT2D eigenvalue weighted by Gasteiger charge is -2.30. The van der Waals surface area contributed by atoms with Crippen LogP contribution in [0.15, 0.2) is 39.7 Å². The molecule has 1 saturated heterocycles. The number of aromatic nitrogens is 2. The number of allylic oxidation sites excluding steroid dienone is 4. The highest BCUT2D eigenvalue weighted by atomic mass is 16.5. The molecule has 7 heteroatoms. The lowest BCUT2D eigenvalue weighted by Crippen LogP contribution is -2.34. The second kappa shape index (κ2) is 14.0. The van der Waals surface area contributed by atoms with Gasteiger partial charge < -0.3 is 19.5 Å². The number of carbonyl (C=O) groups excluding carboxylic acids is 1. The molecular weight excluding hydrogens is 428 g/mol. The predicted molar refractivity (Wildman–Crippen MR) is 138 cm³/mol. The van der Waals surface area contributed by atoms with Crippen molar-refractivity contribution in [2.75, 3.05) is 24.6 Å². The molecule has 1 aliphatic heterocycles. The summed E-state index contributed by atoms with van der Waals surface area (Å²) in [6.07, 6.45) is 11.2. The molecule has 0 aromatic carbocycles. The second-order valence-corrected chi connectivity index (χ2v) is 9.79. The second-order valence-electron chi connectivity index (χ2n) is 9.79. The maximum atomic E-state index is 12.6. The smallest absolute Gasteiger partial charge is 0.324 e. The van der Waals surface area contributed by atoms with Crippen LogP contribution in [0.5, 0.6) is 0 Å². The number of hydrogen-bond donors (Lipinski definition) is 1. The SMILES string of the molecule is CC\C=C(C)/C(=C\C=C(/C)OCCCC1CCN(c2nc(C(C)C)no2)CC1)C(=O)NC(C)C. The summed E-state index contributed by atoms with van der Waals surface area (Å²) < 4.78 is 11.4. The molecule has 1 N–H and O–H groups in total. The van der Waals surface area contributed by atoms with Gasteiger partial charge in [-0.3, -0.25) is 4.79 Å². The normalized spacial score (nSPS) is 16.5. The molecule has 0 saturated carbocycles. The first kappa shape index (κ1) is 27.7. The van der Waals surface area contributed by atoms with Gasteiger partial charge >= 0.3 is 6.01 Å². The zero-order valence-corrected chi connectivity index (χ0v) is 22.2. The van der Waals surface area contributed by atoms with E-state index in [4.69, 9.17) is 9.26 Å². The van der Waals surface area contributed by atoms with Gasteiger partial charge in [-0.25, -0.2) is 0 Å². The first-order chi connectivity index (χ1) is 16.2. The maximum absolute atomic E-state index is 12.6. The minimum atomic E-state index is -0.0476. The number of hydrogen-bond acceptors (Lipinski definition) is 6. The van der Waals surface area contributed by atoms with E-state index in [1.165, 1.54) is 0 Å². The number of nitrogens with one attached hydrogen (secondary N) is 1. The molecule has 0 unspecified atom stereocenters. The van der Waals surface area contributed by atoms with Crippen molar-refractivity contribution in [1.82, 2.24) is 15.5 Å². The molecule has 0 aliphatic carbocycles.